The van der Waals surface area contributed by atoms with Crippen LogP contribution in [0.15, 0.2) is 45.3 Å². The standard InChI is InChI=1S/C25H30BrClN4O2Si/c1-15-19(13-14-20(28-6)21(15)27)29-22(16(2)33-34(7,8)25(3,4)5)24-31-30-23(32-24)17-9-11-18(26)12-10-17/h9-14,16,22,29H,1-5,7-8H3/t16-,22+/m0/s1. The molecule has 2 atom stereocenters. The van der Waals surface area contributed by atoms with Crippen molar-refractivity contribution in [3.63, 3.8) is 0 Å². The van der Waals surface area contributed by atoms with Crippen LogP contribution in [0.25, 0.3) is 16.3 Å². The third-order valence-electron chi connectivity index (χ3n) is 6.35. The smallest absolute Gasteiger partial charge is 0.247 e. The molecule has 0 aliphatic carbocycles. The van der Waals surface area contributed by atoms with Gasteiger partial charge in [0.25, 0.3) is 0 Å². The van der Waals surface area contributed by atoms with Crippen LogP contribution in [-0.4, -0.2) is 24.6 Å². The lowest BCUT2D eigenvalue weighted by atomic mass is 10.1. The lowest BCUT2D eigenvalue weighted by Crippen LogP contribution is -2.45. The lowest BCUT2D eigenvalue weighted by Gasteiger charge is -2.40. The van der Waals surface area contributed by atoms with E-state index in [1.165, 1.54) is 0 Å². The van der Waals surface area contributed by atoms with Gasteiger partial charge in [-0.3, -0.25) is 0 Å². The van der Waals surface area contributed by atoms with Crippen molar-refractivity contribution in [2.24, 2.45) is 0 Å². The van der Waals surface area contributed by atoms with Gasteiger partial charge in [-0.05, 0) is 67.9 Å². The van der Waals surface area contributed by atoms with E-state index < -0.39 is 14.4 Å². The summed E-state index contributed by atoms with van der Waals surface area (Å²) >= 11 is 9.89. The van der Waals surface area contributed by atoms with Crippen LogP contribution >= 0.6 is 27.5 Å². The number of anilines is 1. The number of nitrogens with one attached hydrogen (secondary N) is 1. The summed E-state index contributed by atoms with van der Waals surface area (Å²) in [5, 5.41) is 12.6. The van der Waals surface area contributed by atoms with Crippen molar-refractivity contribution in [3.05, 3.63) is 68.8 Å². The maximum Gasteiger partial charge on any atom is 0.247 e. The number of halogens is 2. The quantitative estimate of drug-likeness (QED) is 0.231. The molecule has 0 unspecified atom stereocenters. The molecular weight excluding hydrogens is 532 g/mol. The molecule has 34 heavy (non-hydrogen) atoms. The van der Waals surface area contributed by atoms with Gasteiger partial charge in [0.1, 0.15) is 6.04 Å². The largest absolute Gasteiger partial charge is 0.418 e. The molecule has 0 spiro atoms. The van der Waals surface area contributed by atoms with Crippen LogP contribution in [0.1, 0.15) is 45.2 Å². The molecule has 2 aromatic carbocycles. The van der Waals surface area contributed by atoms with Crippen molar-refractivity contribution in [3.8, 4) is 11.5 Å². The minimum atomic E-state index is -2.08. The van der Waals surface area contributed by atoms with E-state index in [1.807, 2.05) is 44.2 Å². The fourth-order valence-electron chi connectivity index (χ4n) is 3.24. The highest BCUT2D eigenvalue weighted by Gasteiger charge is 2.41. The summed E-state index contributed by atoms with van der Waals surface area (Å²) in [7, 11) is -2.08. The Morgan fingerprint density at radius 3 is 2.38 bits per heavy atom. The van der Waals surface area contributed by atoms with Gasteiger partial charge in [0.15, 0.2) is 8.32 Å². The van der Waals surface area contributed by atoms with E-state index in [0.717, 1.165) is 21.3 Å². The Kier molecular flexibility index (Phi) is 7.93. The second-order valence-corrected chi connectivity index (χ2v) is 15.9. The second kappa shape index (κ2) is 10.2. The van der Waals surface area contributed by atoms with Gasteiger partial charge in [-0.2, -0.15) is 0 Å². The third kappa shape index (κ3) is 5.72. The van der Waals surface area contributed by atoms with E-state index in [4.69, 9.17) is 27.0 Å². The molecule has 0 saturated carbocycles. The molecule has 0 fully saturated rings. The van der Waals surface area contributed by atoms with Crippen molar-refractivity contribution in [2.45, 2.75) is 64.9 Å². The molecular formula is C25H30BrClN4O2Si. The Balaban J connectivity index is 2.00. The minimum Gasteiger partial charge on any atom is -0.418 e. The Bertz CT molecular complexity index is 1200. The van der Waals surface area contributed by atoms with Crippen molar-refractivity contribution in [1.82, 2.24) is 10.2 Å². The van der Waals surface area contributed by atoms with Crippen molar-refractivity contribution < 1.29 is 8.84 Å². The van der Waals surface area contributed by atoms with Crippen LogP contribution in [0, 0.1) is 13.5 Å². The molecule has 0 aliphatic heterocycles. The van der Waals surface area contributed by atoms with Crippen LogP contribution in [0.3, 0.4) is 0 Å². The number of hydrogen-bond donors (Lipinski definition) is 1. The Labute approximate surface area is 216 Å². The summed E-state index contributed by atoms with van der Waals surface area (Å²) in [6.45, 7) is 22.3. The third-order valence-corrected chi connectivity index (χ3v) is 11.9. The lowest BCUT2D eigenvalue weighted by molar-refractivity contribution is 0.166. The highest BCUT2D eigenvalue weighted by atomic mass is 79.9. The van der Waals surface area contributed by atoms with Gasteiger partial charge < -0.3 is 14.2 Å². The molecule has 0 bridgehead atoms. The molecule has 1 N–H and O–H groups in total. The van der Waals surface area contributed by atoms with E-state index in [9.17, 15) is 0 Å². The number of rotatable bonds is 7. The number of nitrogens with zero attached hydrogens (tertiary/aromatic N) is 3. The van der Waals surface area contributed by atoms with Gasteiger partial charge in [-0.25, -0.2) is 4.85 Å². The van der Waals surface area contributed by atoms with Crippen molar-refractivity contribution in [1.29, 1.82) is 0 Å². The Morgan fingerprint density at radius 2 is 1.79 bits per heavy atom. The molecule has 0 radical (unpaired) electrons. The highest BCUT2D eigenvalue weighted by Crippen LogP contribution is 2.40. The van der Waals surface area contributed by atoms with E-state index >= 15 is 0 Å². The van der Waals surface area contributed by atoms with Gasteiger partial charge in [0.2, 0.25) is 17.5 Å². The molecule has 180 valence electrons. The first-order valence-corrected chi connectivity index (χ1v) is 15.1. The summed E-state index contributed by atoms with van der Waals surface area (Å²) in [6.07, 6.45) is -0.266. The summed E-state index contributed by atoms with van der Waals surface area (Å²) < 4.78 is 13.8. The zero-order valence-corrected chi connectivity index (χ0v) is 23.9. The van der Waals surface area contributed by atoms with E-state index in [1.54, 1.807) is 6.07 Å². The summed E-state index contributed by atoms with van der Waals surface area (Å²) in [5.74, 6) is 0.862. The zero-order valence-electron chi connectivity index (χ0n) is 20.5. The molecule has 6 nitrogen and oxygen atoms in total. The predicted octanol–water partition coefficient (Wildman–Crippen LogP) is 8.58. The van der Waals surface area contributed by atoms with Gasteiger partial charge >= 0.3 is 0 Å². The summed E-state index contributed by atoms with van der Waals surface area (Å²) in [4.78, 5) is 3.49. The first-order chi connectivity index (χ1) is 15.8. The predicted molar refractivity (Wildman–Crippen MR) is 144 cm³/mol. The monoisotopic (exact) mass is 560 g/mol. The van der Waals surface area contributed by atoms with Crippen LogP contribution in [-0.2, 0) is 4.43 Å². The fraction of sp³-hybridized carbons (Fsp3) is 0.400. The first-order valence-electron chi connectivity index (χ1n) is 11.0. The van der Waals surface area contributed by atoms with E-state index in [-0.39, 0.29) is 11.1 Å². The second-order valence-electron chi connectivity index (χ2n) is 9.84. The maximum atomic E-state index is 7.32. The molecule has 0 saturated heterocycles. The molecule has 3 aromatic rings. The number of aromatic nitrogens is 2. The first kappa shape index (κ1) is 26.4. The van der Waals surface area contributed by atoms with Crippen LogP contribution in [0.5, 0.6) is 0 Å². The average molecular weight is 562 g/mol. The maximum absolute atomic E-state index is 7.32. The molecule has 0 aliphatic rings. The topological polar surface area (TPSA) is 64.5 Å². The molecule has 9 heteroatoms. The number of hydrogen-bond acceptors (Lipinski definition) is 5. The van der Waals surface area contributed by atoms with Crippen LogP contribution < -0.4 is 5.32 Å². The van der Waals surface area contributed by atoms with Gasteiger partial charge in [-0.15, -0.1) is 10.2 Å². The molecule has 1 aromatic heterocycles. The van der Waals surface area contributed by atoms with Crippen LogP contribution in [0.4, 0.5) is 11.4 Å². The molecule has 0 amide bonds. The summed E-state index contributed by atoms with van der Waals surface area (Å²) in [6, 6.07) is 10.9. The molecule has 1 heterocycles. The normalized spacial score (nSPS) is 13.9. The Morgan fingerprint density at radius 1 is 1.15 bits per heavy atom. The van der Waals surface area contributed by atoms with Gasteiger partial charge in [0, 0.05) is 15.7 Å². The SMILES string of the molecule is [C-]#[N+]c1ccc(N[C@@H](c2nnc(-c3ccc(Br)cc3)o2)[C@H](C)O[Si](C)(C)C(C)(C)C)c(C)c1Cl. The minimum absolute atomic E-state index is 0.0414. The number of benzene rings is 2. The van der Waals surface area contributed by atoms with Crippen molar-refractivity contribution >= 4 is 47.2 Å². The van der Waals surface area contributed by atoms with Crippen LogP contribution in [0.2, 0.25) is 23.2 Å². The van der Waals surface area contributed by atoms with E-state index in [0.29, 0.717) is 22.5 Å². The van der Waals surface area contributed by atoms with E-state index in [2.05, 4.69) is 70.2 Å². The Hall–Kier alpha value is -2.18. The highest BCUT2D eigenvalue weighted by molar-refractivity contribution is 9.10. The average Bonchev–Trinajstić information content (AvgIpc) is 3.24. The van der Waals surface area contributed by atoms with Gasteiger partial charge in [0.05, 0.1) is 17.7 Å². The summed E-state index contributed by atoms with van der Waals surface area (Å²) in [5.41, 5.74) is 2.82. The van der Waals surface area contributed by atoms with Gasteiger partial charge in [-0.1, -0.05) is 54.4 Å². The fourth-order valence-corrected chi connectivity index (χ4v) is 5.13. The molecule has 3 rings (SSSR count). The zero-order chi connectivity index (χ0) is 25.3. The van der Waals surface area contributed by atoms with Crippen molar-refractivity contribution in [2.75, 3.05) is 5.32 Å².